The molecule has 0 radical (unpaired) electrons. The summed E-state index contributed by atoms with van der Waals surface area (Å²) >= 11 is 1.45. The number of imidazole rings is 1. The van der Waals surface area contributed by atoms with E-state index in [0.717, 1.165) is 24.2 Å². The molecule has 2 aromatic carbocycles. The lowest BCUT2D eigenvalue weighted by molar-refractivity contribution is -0.384. The number of amides is 1. The van der Waals surface area contributed by atoms with Crippen molar-refractivity contribution < 1.29 is 14.5 Å². The van der Waals surface area contributed by atoms with Crippen molar-refractivity contribution >= 4 is 40.5 Å². The zero-order valence-corrected chi connectivity index (χ0v) is 18.8. The number of aromatic nitrogens is 4. The molecule has 1 aliphatic rings. The molecule has 11 heteroatoms. The maximum Gasteiger partial charge on any atom is 0.270 e. The van der Waals surface area contributed by atoms with Gasteiger partial charge in [0.1, 0.15) is 23.1 Å². The third-order valence-electron chi connectivity index (χ3n) is 5.39. The number of hydrogen-bond donors (Lipinski definition) is 1. The number of nitrogens with zero attached hydrogens (tertiary/aromatic N) is 5. The van der Waals surface area contributed by atoms with Gasteiger partial charge < -0.3 is 4.74 Å². The van der Waals surface area contributed by atoms with Gasteiger partial charge in [0.25, 0.3) is 11.6 Å². The van der Waals surface area contributed by atoms with Gasteiger partial charge in [0.15, 0.2) is 5.65 Å². The predicted molar refractivity (Wildman–Crippen MR) is 126 cm³/mol. The second-order valence-electron chi connectivity index (χ2n) is 7.65. The van der Waals surface area contributed by atoms with Gasteiger partial charge in [-0.25, -0.2) is 15.0 Å². The zero-order chi connectivity index (χ0) is 23.5. The Morgan fingerprint density at radius 3 is 2.76 bits per heavy atom. The molecule has 1 unspecified atom stereocenters. The molecule has 1 fully saturated rings. The van der Waals surface area contributed by atoms with Gasteiger partial charge in [0.2, 0.25) is 5.95 Å². The average molecular weight is 477 g/mol. The zero-order valence-electron chi connectivity index (χ0n) is 18.0. The van der Waals surface area contributed by atoms with E-state index in [9.17, 15) is 14.9 Å². The number of non-ortho nitro benzene ring substituents is 1. The van der Waals surface area contributed by atoms with Crippen LogP contribution in [0.3, 0.4) is 0 Å². The molecule has 0 bridgehead atoms. The average Bonchev–Trinajstić information content (AvgIpc) is 3.24. The van der Waals surface area contributed by atoms with Crippen LogP contribution in [-0.2, 0) is 4.74 Å². The number of benzene rings is 2. The minimum absolute atomic E-state index is 0.155. The van der Waals surface area contributed by atoms with Crippen molar-refractivity contribution in [3.05, 3.63) is 76.6 Å². The Morgan fingerprint density at radius 1 is 1.15 bits per heavy atom. The molecule has 1 saturated heterocycles. The molecule has 3 heterocycles. The van der Waals surface area contributed by atoms with E-state index in [1.807, 2.05) is 30.3 Å². The third kappa shape index (κ3) is 4.47. The Hall–Kier alpha value is -3.83. The lowest BCUT2D eigenvalue weighted by atomic mass is 10.2. The normalized spacial score (nSPS) is 15.8. The summed E-state index contributed by atoms with van der Waals surface area (Å²) in [6.07, 6.45) is 3.81. The van der Waals surface area contributed by atoms with Crippen LogP contribution >= 0.6 is 11.8 Å². The summed E-state index contributed by atoms with van der Waals surface area (Å²) in [5, 5.41) is 14.6. The van der Waals surface area contributed by atoms with Gasteiger partial charge in [-0.2, -0.15) is 0 Å². The maximum absolute atomic E-state index is 13.0. The van der Waals surface area contributed by atoms with Crippen LogP contribution in [0.2, 0.25) is 0 Å². The van der Waals surface area contributed by atoms with Gasteiger partial charge >= 0.3 is 0 Å². The monoisotopic (exact) mass is 476 g/mol. The van der Waals surface area contributed by atoms with E-state index in [4.69, 9.17) is 4.74 Å². The first-order valence-corrected chi connectivity index (χ1v) is 11.5. The van der Waals surface area contributed by atoms with Crippen molar-refractivity contribution in [2.75, 3.05) is 11.9 Å². The van der Waals surface area contributed by atoms with Crippen molar-refractivity contribution in [1.82, 2.24) is 19.5 Å². The smallest absolute Gasteiger partial charge is 0.270 e. The van der Waals surface area contributed by atoms with Crippen LogP contribution in [0, 0.1) is 10.1 Å². The van der Waals surface area contributed by atoms with Crippen molar-refractivity contribution in [2.45, 2.75) is 35.4 Å². The molecule has 4 aromatic rings. The second-order valence-corrected chi connectivity index (χ2v) is 8.72. The Balaban J connectivity index is 1.55. The van der Waals surface area contributed by atoms with Gasteiger partial charge in [0, 0.05) is 29.2 Å². The third-order valence-corrected chi connectivity index (χ3v) is 6.39. The van der Waals surface area contributed by atoms with Crippen LogP contribution < -0.4 is 5.32 Å². The molecule has 1 N–H and O–H groups in total. The number of nitro groups is 1. The highest BCUT2D eigenvalue weighted by Crippen LogP contribution is 2.35. The van der Waals surface area contributed by atoms with Gasteiger partial charge in [-0.1, -0.05) is 36.0 Å². The fraction of sp³-hybridized carbons (Fsp3) is 0.217. The first-order valence-electron chi connectivity index (χ1n) is 10.7. The molecule has 0 saturated carbocycles. The Labute approximate surface area is 198 Å². The molecular formula is C23H20N6O4S. The summed E-state index contributed by atoms with van der Waals surface area (Å²) in [6, 6.07) is 15.3. The van der Waals surface area contributed by atoms with E-state index >= 15 is 0 Å². The molecule has 1 aliphatic heterocycles. The van der Waals surface area contributed by atoms with Crippen molar-refractivity contribution in [1.29, 1.82) is 0 Å². The number of nitrogens with one attached hydrogen (secondary N) is 1. The van der Waals surface area contributed by atoms with Crippen LogP contribution in [-0.4, -0.2) is 37.0 Å². The molecule has 1 atom stereocenters. The predicted octanol–water partition coefficient (Wildman–Crippen LogP) is 4.84. The van der Waals surface area contributed by atoms with Gasteiger partial charge in [0.05, 0.1) is 4.92 Å². The molecule has 0 aliphatic carbocycles. The van der Waals surface area contributed by atoms with E-state index in [1.54, 1.807) is 4.57 Å². The number of anilines is 1. The summed E-state index contributed by atoms with van der Waals surface area (Å²) in [4.78, 5) is 38.1. The maximum atomic E-state index is 13.0. The number of hydrogen-bond acceptors (Lipinski definition) is 8. The highest BCUT2D eigenvalue weighted by molar-refractivity contribution is 7.99. The standard InChI is InChI=1S/C23H20N6O4S/c30-21(15-7-6-8-16(13-15)29(31)32)27-23-26-19-20(28(23)18-11-4-5-12-33-18)24-14-25-22(19)34-17-9-2-1-3-10-17/h1-3,6-10,13-14,18H,4-5,11-12H2,(H,26,27,30). The van der Waals surface area contributed by atoms with Crippen LogP contribution in [0.25, 0.3) is 11.2 Å². The summed E-state index contributed by atoms with van der Waals surface area (Å²) in [6.45, 7) is 0.597. The lowest BCUT2D eigenvalue weighted by Gasteiger charge is -2.25. The molecule has 1 amide bonds. The number of carbonyl (C=O) groups excluding carboxylic acids is 1. The lowest BCUT2D eigenvalue weighted by Crippen LogP contribution is -2.22. The molecule has 2 aromatic heterocycles. The number of ether oxygens (including phenoxy) is 1. The Kier molecular flexibility index (Phi) is 6.19. The van der Waals surface area contributed by atoms with Crippen molar-refractivity contribution in [3.8, 4) is 0 Å². The van der Waals surface area contributed by atoms with Crippen LogP contribution in [0.15, 0.2) is 70.8 Å². The summed E-state index contributed by atoms with van der Waals surface area (Å²) in [5.74, 6) is -0.255. The summed E-state index contributed by atoms with van der Waals surface area (Å²) in [7, 11) is 0. The SMILES string of the molecule is O=C(Nc1nc2c(Sc3ccccc3)ncnc2n1C1CCCCO1)c1cccc([N+](=O)[O-])c1. The first-order chi connectivity index (χ1) is 16.6. The van der Waals surface area contributed by atoms with E-state index in [0.29, 0.717) is 22.8 Å². The van der Waals surface area contributed by atoms with Crippen LogP contribution in [0.4, 0.5) is 11.6 Å². The van der Waals surface area contributed by atoms with E-state index in [2.05, 4.69) is 20.3 Å². The summed E-state index contributed by atoms with van der Waals surface area (Å²) < 4.78 is 7.76. The molecular weight excluding hydrogens is 456 g/mol. The number of rotatable bonds is 6. The summed E-state index contributed by atoms with van der Waals surface area (Å²) in [5.41, 5.74) is 1.08. The largest absolute Gasteiger partial charge is 0.358 e. The Morgan fingerprint density at radius 2 is 2.00 bits per heavy atom. The topological polar surface area (TPSA) is 125 Å². The molecule has 10 nitrogen and oxygen atoms in total. The highest BCUT2D eigenvalue weighted by atomic mass is 32.2. The fourth-order valence-electron chi connectivity index (χ4n) is 3.79. The van der Waals surface area contributed by atoms with Crippen LogP contribution in [0.1, 0.15) is 35.8 Å². The van der Waals surface area contributed by atoms with Crippen molar-refractivity contribution in [3.63, 3.8) is 0 Å². The number of nitro benzene ring substituents is 1. The van der Waals surface area contributed by atoms with Crippen molar-refractivity contribution in [2.24, 2.45) is 0 Å². The Bertz CT molecular complexity index is 1350. The molecule has 5 rings (SSSR count). The molecule has 0 spiro atoms. The highest BCUT2D eigenvalue weighted by Gasteiger charge is 2.26. The van der Waals surface area contributed by atoms with E-state index < -0.39 is 10.8 Å². The van der Waals surface area contributed by atoms with E-state index in [-0.39, 0.29) is 23.4 Å². The first kappa shape index (κ1) is 22.0. The quantitative estimate of drug-likeness (QED) is 0.238. The van der Waals surface area contributed by atoms with E-state index in [1.165, 1.54) is 42.4 Å². The van der Waals surface area contributed by atoms with Crippen LogP contribution in [0.5, 0.6) is 0 Å². The molecule has 172 valence electrons. The molecule has 34 heavy (non-hydrogen) atoms. The fourth-order valence-corrected chi connectivity index (χ4v) is 4.64. The van der Waals surface area contributed by atoms with Gasteiger partial charge in [-0.05, 0) is 37.5 Å². The van der Waals surface area contributed by atoms with Gasteiger partial charge in [-0.3, -0.25) is 24.8 Å². The minimum atomic E-state index is -0.537. The van der Waals surface area contributed by atoms with Gasteiger partial charge in [-0.15, -0.1) is 0 Å². The second kappa shape index (κ2) is 9.57. The number of fused-ring (bicyclic) bond motifs is 1. The number of carbonyl (C=O) groups is 1. The minimum Gasteiger partial charge on any atom is -0.358 e.